The molecule has 0 radical (unpaired) electrons. The number of carboxylic acid groups (broad SMARTS) is 1. The van der Waals surface area contributed by atoms with Gasteiger partial charge in [0.25, 0.3) is 0 Å². The predicted molar refractivity (Wildman–Crippen MR) is 110 cm³/mol. The molecule has 0 saturated carbocycles. The highest BCUT2D eigenvalue weighted by atomic mass is 35.5. The van der Waals surface area contributed by atoms with E-state index in [-0.39, 0.29) is 17.0 Å². The Labute approximate surface area is 184 Å². The maximum Gasteiger partial charge on any atom is 0.490 e. The molecule has 2 heterocycles. The summed E-state index contributed by atoms with van der Waals surface area (Å²) in [6, 6.07) is 4.79. The Kier molecular flexibility index (Phi) is 7.87. The second-order valence-electron chi connectivity index (χ2n) is 6.37. The monoisotopic (exact) mass is 474 g/mol. The molecule has 172 valence electrons. The molecule has 9 nitrogen and oxygen atoms in total. The zero-order chi connectivity index (χ0) is 24.1. The second kappa shape index (κ2) is 10.2. The van der Waals surface area contributed by atoms with Gasteiger partial charge in [0, 0.05) is 18.2 Å². The maximum atomic E-state index is 10.6. The topological polar surface area (TPSA) is 127 Å². The van der Waals surface area contributed by atoms with Crippen LogP contribution in [0.1, 0.15) is 13.8 Å². The molecule has 0 spiro atoms. The summed E-state index contributed by atoms with van der Waals surface area (Å²) in [6.45, 7) is 3.80. The van der Waals surface area contributed by atoms with Crippen molar-refractivity contribution in [3.05, 3.63) is 35.9 Å². The van der Waals surface area contributed by atoms with Crippen LogP contribution in [0.2, 0.25) is 5.15 Å². The Morgan fingerprint density at radius 2 is 1.84 bits per heavy atom. The largest absolute Gasteiger partial charge is 0.508 e. The van der Waals surface area contributed by atoms with Crippen LogP contribution in [0.15, 0.2) is 30.7 Å². The van der Waals surface area contributed by atoms with Gasteiger partial charge in [-0.2, -0.15) is 13.2 Å². The van der Waals surface area contributed by atoms with Gasteiger partial charge in [-0.25, -0.2) is 19.7 Å². The molecular formula is C19H18ClF3N4O5. The second-order valence-corrected chi connectivity index (χ2v) is 6.73. The van der Waals surface area contributed by atoms with E-state index in [9.17, 15) is 18.3 Å². The van der Waals surface area contributed by atoms with Crippen LogP contribution in [0.5, 0.6) is 17.2 Å². The van der Waals surface area contributed by atoms with Crippen LogP contribution < -0.4 is 14.8 Å². The number of phenolic OH excluding ortho intramolecular Hbond substituents is 1. The van der Waals surface area contributed by atoms with Crippen molar-refractivity contribution in [2.45, 2.75) is 26.1 Å². The van der Waals surface area contributed by atoms with Gasteiger partial charge in [0.2, 0.25) is 0 Å². The number of carbonyl (C=O) groups is 1. The summed E-state index contributed by atoms with van der Waals surface area (Å²) in [7, 11) is 1.55. The molecule has 0 fully saturated rings. The molecule has 3 N–H and O–H groups in total. The molecule has 0 bridgehead atoms. The van der Waals surface area contributed by atoms with E-state index in [1.807, 2.05) is 13.8 Å². The van der Waals surface area contributed by atoms with Gasteiger partial charge in [-0.05, 0) is 13.8 Å². The van der Waals surface area contributed by atoms with Gasteiger partial charge in [0.05, 0.1) is 36.0 Å². The fraction of sp³-hybridized carbons (Fsp3) is 0.263. The standard InChI is InChI=1S/C17H17ClN4O3.C2HF3O2/c1-9(2)25-14-5-10(23)4-12-15(14)17(21-8-20-12)22-13-6-11(24-3)7-19-16(13)18;3-2(4,5)1(6)7/h4-9,23H,1-3H3,(H,20,21,22);(H,6,7). The van der Waals surface area contributed by atoms with E-state index in [1.54, 1.807) is 19.2 Å². The number of fused-ring (bicyclic) bond motifs is 1. The molecule has 0 amide bonds. The number of hydrogen-bond acceptors (Lipinski definition) is 8. The summed E-state index contributed by atoms with van der Waals surface area (Å²) in [4.78, 5) is 21.5. The number of aromatic nitrogens is 3. The normalized spacial score (nSPS) is 11.0. The van der Waals surface area contributed by atoms with Crippen molar-refractivity contribution in [3.63, 3.8) is 0 Å². The number of aromatic hydroxyl groups is 1. The van der Waals surface area contributed by atoms with Crippen LogP contribution in [0.3, 0.4) is 0 Å². The van der Waals surface area contributed by atoms with Crippen LogP contribution in [-0.2, 0) is 4.79 Å². The van der Waals surface area contributed by atoms with Crippen LogP contribution >= 0.6 is 11.6 Å². The molecule has 0 atom stereocenters. The highest BCUT2D eigenvalue weighted by Crippen LogP contribution is 2.36. The van der Waals surface area contributed by atoms with Crippen molar-refractivity contribution in [2.75, 3.05) is 12.4 Å². The number of benzene rings is 1. The van der Waals surface area contributed by atoms with E-state index in [2.05, 4.69) is 20.3 Å². The molecule has 0 aliphatic heterocycles. The summed E-state index contributed by atoms with van der Waals surface area (Å²) in [5, 5.41) is 21.1. The van der Waals surface area contributed by atoms with Crippen LogP contribution in [0.4, 0.5) is 24.7 Å². The van der Waals surface area contributed by atoms with E-state index in [4.69, 9.17) is 31.0 Å². The van der Waals surface area contributed by atoms with E-state index < -0.39 is 12.1 Å². The molecule has 1 aromatic carbocycles. The number of rotatable bonds is 5. The summed E-state index contributed by atoms with van der Waals surface area (Å²) < 4.78 is 42.7. The number of hydrogen-bond donors (Lipinski definition) is 3. The van der Waals surface area contributed by atoms with Crippen LogP contribution in [-0.4, -0.2) is 50.5 Å². The minimum Gasteiger partial charge on any atom is -0.508 e. The van der Waals surface area contributed by atoms with Crippen molar-refractivity contribution in [3.8, 4) is 17.2 Å². The van der Waals surface area contributed by atoms with Crippen molar-refractivity contribution in [1.29, 1.82) is 0 Å². The van der Waals surface area contributed by atoms with Crippen molar-refractivity contribution in [1.82, 2.24) is 15.0 Å². The summed E-state index contributed by atoms with van der Waals surface area (Å²) in [5.74, 6) is -1.18. The molecule has 0 aliphatic carbocycles. The lowest BCUT2D eigenvalue weighted by molar-refractivity contribution is -0.192. The van der Waals surface area contributed by atoms with Gasteiger partial charge < -0.3 is 25.0 Å². The molecular weight excluding hydrogens is 457 g/mol. The fourth-order valence-corrected chi connectivity index (χ4v) is 2.49. The molecule has 3 aromatic rings. The number of ether oxygens (including phenoxy) is 2. The smallest absolute Gasteiger partial charge is 0.490 e. The molecule has 32 heavy (non-hydrogen) atoms. The number of nitrogens with zero attached hydrogens (tertiary/aromatic N) is 3. The van der Waals surface area contributed by atoms with Crippen molar-refractivity contribution < 1.29 is 37.7 Å². The number of methoxy groups -OCH3 is 1. The van der Waals surface area contributed by atoms with Gasteiger partial charge in [-0.3, -0.25) is 0 Å². The number of anilines is 2. The Balaban J connectivity index is 0.000000451. The maximum absolute atomic E-state index is 10.6. The zero-order valence-electron chi connectivity index (χ0n) is 16.9. The first-order chi connectivity index (χ1) is 14.9. The number of nitrogens with one attached hydrogen (secondary N) is 1. The molecule has 0 unspecified atom stereocenters. The third kappa shape index (κ3) is 6.48. The lowest BCUT2D eigenvalue weighted by Crippen LogP contribution is -2.21. The van der Waals surface area contributed by atoms with E-state index in [0.29, 0.717) is 33.9 Å². The highest BCUT2D eigenvalue weighted by Gasteiger charge is 2.38. The van der Waals surface area contributed by atoms with Gasteiger partial charge in [-0.15, -0.1) is 0 Å². The van der Waals surface area contributed by atoms with Gasteiger partial charge in [0.1, 0.15) is 29.4 Å². The minimum absolute atomic E-state index is 0.0638. The van der Waals surface area contributed by atoms with Gasteiger partial charge in [0.15, 0.2) is 5.15 Å². The lowest BCUT2D eigenvalue weighted by atomic mass is 10.2. The van der Waals surface area contributed by atoms with E-state index in [0.717, 1.165) is 0 Å². The number of alkyl halides is 3. The number of phenols is 1. The summed E-state index contributed by atoms with van der Waals surface area (Å²) in [6.07, 6.45) is -2.25. The van der Waals surface area contributed by atoms with Crippen molar-refractivity contribution >= 4 is 40.0 Å². The predicted octanol–water partition coefficient (Wildman–Crippen LogP) is 4.56. The zero-order valence-corrected chi connectivity index (χ0v) is 17.7. The summed E-state index contributed by atoms with van der Waals surface area (Å²) in [5.41, 5.74) is 1.07. The van der Waals surface area contributed by atoms with Gasteiger partial charge in [-0.1, -0.05) is 11.6 Å². The third-order valence-electron chi connectivity index (χ3n) is 3.59. The SMILES string of the molecule is COc1cnc(Cl)c(Nc2ncnc3cc(O)cc(OC(C)C)c23)c1.O=C(O)C(F)(F)F. The number of pyridine rings is 1. The van der Waals surface area contributed by atoms with Crippen molar-refractivity contribution in [2.24, 2.45) is 0 Å². The highest BCUT2D eigenvalue weighted by molar-refractivity contribution is 6.32. The Hall–Kier alpha value is -3.54. The quantitative estimate of drug-likeness (QED) is 0.456. The average molecular weight is 475 g/mol. The molecule has 3 rings (SSSR count). The number of aliphatic carboxylic acids is 1. The molecule has 0 saturated heterocycles. The van der Waals surface area contributed by atoms with E-state index in [1.165, 1.54) is 18.6 Å². The molecule has 2 aromatic heterocycles. The number of halogens is 4. The van der Waals surface area contributed by atoms with Crippen LogP contribution in [0, 0.1) is 0 Å². The van der Waals surface area contributed by atoms with Gasteiger partial charge >= 0.3 is 12.1 Å². The lowest BCUT2D eigenvalue weighted by Gasteiger charge is -2.16. The van der Waals surface area contributed by atoms with E-state index >= 15 is 0 Å². The Bertz CT molecular complexity index is 1110. The molecule has 0 aliphatic rings. The first-order valence-corrected chi connectivity index (χ1v) is 9.21. The average Bonchev–Trinajstić information content (AvgIpc) is 2.68. The number of carboxylic acids is 1. The Morgan fingerprint density at radius 1 is 1.19 bits per heavy atom. The first kappa shape index (κ1) is 24.7. The molecule has 13 heteroatoms. The fourth-order valence-electron chi connectivity index (χ4n) is 2.34. The Morgan fingerprint density at radius 3 is 2.41 bits per heavy atom. The first-order valence-electron chi connectivity index (χ1n) is 8.83. The third-order valence-corrected chi connectivity index (χ3v) is 3.90. The minimum atomic E-state index is -5.08. The summed E-state index contributed by atoms with van der Waals surface area (Å²) >= 11 is 6.16. The van der Waals surface area contributed by atoms with Crippen LogP contribution in [0.25, 0.3) is 10.9 Å².